The Balaban J connectivity index is 1.72. The number of amides is 1. The Morgan fingerprint density at radius 1 is 1.19 bits per heavy atom. The molecule has 0 aliphatic rings. The van der Waals surface area contributed by atoms with Crippen LogP contribution in [-0.4, -0.2) is 19.1 Å². The minimum Gasteiger partial charge on any atom is -0.484 e. The Labute approximate surface area is 123 Å². The number of hydrogen-bond acceptors (Lipinski definition) is 2. The second-order valence-corrected chi connectivity index (χ2v) is 4.80. The highest BCUT2D eigenvalue weighted by Crippen LogP contribution is 2.11. The Morgan fingerprint density at radius 3 is 2.76 bits per heavy atom. The average molecular weight is 287 g/mol. The fourth-order valence-corrected chi connectivity index (χ4v) is 1.94. The molecule has 0 fully saturated rings. The van der Waals surface area contributed by atoms with Crippen molar-refractivity contribution < 1.29 is 13.9 Å². The molecule has 1 N–H and O–H groups in total. The van der Waals surface area contributed by atoms with Crippen LogP contribution < -0.4 is 10.1 Å². The van der Waals surface area contributed by atoms with E-state index in [2.05, 4.69) is 5.32 Å². The molecule has 0 saturated heterocycles. The second-order valence-electron chi connectivity index (χ2n) is 4.80. The molecule has 0 bridgehead atoms. The third-order valence-corrected chi connectivity index (χ3v) is 3.03. The first-order chi connectivity index (χ1) is 10.1. The summed E-state index contributed by atoms with van der Waals surface area (Å²) in [5.41, 5.74) is 1.67. The van der Waals surface area contributed by atoms with Gasteiger partial charge in [-0.2, -0.15) is 0 Å². The number of carbonyl (C=O) groups excluding carboxylic acids is 1. The summed E-state index contributed by atoms with van der Waals surface area (Å²) in [5, 5.41) is 2.71. The fraction of sp³-hybridized carbons (Fsp3) is 0.235. The smallest absolute Gasteiger partial charge is 0.257 e. The summed E-state index contributed by atoms with van der Waals surface area (Å²) in [5.74, 6) is 0.204. The summed E-state index contributed by atoms with van der Waals surface area (Å²) in [6.45, 7) is 2.30. The molecule has 0 spiro atoms. The van der Waals surface area contributed by atoms with Gasteiger partial charge in [-0.25, -0.2) is 4.39 Å². The molecule has 2 aromatic carbocycles. The van der Waals surface area contributed by atoms with Crippen LogP contribution in [0.4, 0.5) is 4.39 Å². The number of nitrogens with one attached hydrogen (secondary N) is 1. The molecule has 0 aromatic heterocycles. The highest BCUT2D eigenvalue weighted by Gasteiger charge is 2.04. The minimum atomic E-state index is -0.247. The van der Waals surface area contributed by atoms with E-state index in [0.29, 0.717) is 24.3 Å². The Morgan fingerprint density at radius 2 is 2.00 bits per heavy atom. The quantitative estimate of drug-likeness (QED) is 0.887. The van der Waals surface area contributed by atoms with Gasteiger partial charge in [0, 0.05) is 6.54 Å². The van der Waals surface area contributed by atoms with Crippen molar-refractivity contribution in [3.8, 4) is 5.75 Å². The number of carbonyl (C=O) groups is 1. The van der Waals surface area contributed by atoms with Crippen molar-refractivity contribution in [1.29, 1.82) is 0 Å². The maximum absolute atomic E-state index is 13.4. The minimum absolute atomic E-state index is 0.0409. The van der Waals surface area contributed by atoms with E-state index in [0.717, 1.165) is 5.56 Å². The van der Waals surface area contributed by atoms with Gasteiger partial charge in [-0.15, -0.1) is 0 Å². The van der Waals surface area contributed by atoms with Crippen LogP contribution in [0.1, 0.15) is 11.1 Å². The summed E-state index contributed by atoms with van der Waals surface area (Å²) in [7, 11) is 0. The Bertz CT molecular complexity index is 613. The summed E-state index contributed by atoms with van der Waals surface area (Å²) < 4.78 is 18.8. The van der Waals surface area contributed by atoms with E-state index in [4.69, 9.17) is 4.74 Å². The molecule has 0 saturated carbocycles. The number of hydrogen-bond donors (Lipinski definition) is 1. The lowest BCUT2D eigenvalue weighted by Crippen LogP contribution is -2.30. The van der Waals surface area contributed by atoms with E-state index >= 15 is 0 Å². The van der Waals surface area contributed by atoms with Gasteiger partial charge in [0.25, 0.3) is 5.91 Å². The van der Waals surface area contributed by atoms with Gasteiger partial charge in [0.2, 0.25) is 0 Å². The predicted octanol–water partition coefficient (Wildman–Crippen LogP) is 2.87. The zero-order chi connectivity index (χ0) is 15.1. The highest BCUT2D eigenvalue weighted by atomic mass is 19.1. The van der Waals surface area contributed by atoms with Crippen molar-refractivity contribution in [3.63, 3.8) is 0 Å². The highest BCUT2D eigenvalue weighted by molar-refractivity contribution is 5.77. The molecule has 3 nitrogen and oxygen atoms in total. The van der Waals surface area contributed by atoms with Crippen molar-refractivity contribution in [3.05, 3.63) is 65.5 Å². The van der Waals surface area contributed by atoms with Gasteiger partial charge in [0.1, 0.15) is 11.6 Å². The second kappa shape index (κ2) is 7.43. The van der Waals surface area contributed by atoms with E-state index in [-0.39, 0.29) is 18.3 Å². The van der Waals surface area contributed by atoms with Crippen molar-refractivity contribution >= 4 is 5.91 Å². The van der Waals surface area contributed by atoms with Gasteiger partial charge < -0.3 is 10.1 Å². The monoisotopic (exact) mass is 287 g/mol. The number of benzene rings is 2. The molecule has 110 valence electrons. The van der Waals surface area contributed by atoms with Gasteiger partial charge in [-0.3, -0.25) is 4.79 Å². The van der Waals surface area contributed by atoms with Gasteiger partial charge in [-0.1, -0.05) is 30.3 Å². The van der Waals surface area contributed by atoms with Crippen molar-refractivity contribution in [1.82, 2.24) is 5.32 Å². The fourth-order valence-electron chi connectivity index (χ4n) is 1.94. The molecule has 1 amide bonds. The van der Waals surface area contributed by atoms with Crippen LogP contribution in [0.15, 0.2) is 48.5 Å². The lowest BCUT2D eigenvalue weighted by atomic mass is 10.1. The molecular formula is C17H18FNO2. The summed E-state index contributed by atoms with van der Waals surface area (Å²) in [4.78, 5) is 11.6. The largest absolute Gasteiger partial charge is 0.484 e. The lowest BCUT2D eigenvalue weighted by Gasteiger charge is -2.08. The van der Waals surface area contributed by atoms with E-state index in [1.807, 2.05) is 25.1 Å². The third-order valence-electron chi connectivity index (χ3n) is 3.03. The van der Waals surface area contributed by atoms with Gasteiger partial charge in [-0.05, 0) is 42.7 Å². The first-order valence-electron chi connectivity index (χ1n) is 6.85. The molecule has 4 heteroatoms. The molecule has 21 heavy (non-hydrogen) atoms. The number of halogens is 1. The van der Waals surface area contributed by atoms with E-state index in [1.54, 1.807) is 24.3 Å². The molecular weight excluding hydrogens is 269 g/mol. The molecule has 0 aliphatic heterocycles. The molecule has 0 aliphatic carbocycles. The molecule has 2 aromatic rings. The van der Waals surface area contributed by atoms with Crippen LogP contribution in [0.5, 0.6) is 5.75 Å². The molecule has 2 rings (SSSR count). The summed E-state index contributed by atoms with van der Waals surface area (Å²) >= 11 is 0. The Kier molecular flexibility index (Phi) is 5.32. The van der Waals surface area contributed by atoms with Crippen molar-refractivity contribution in [2.75, 3.05) is 13.2 Å². The molecule has 0 unspecified atom stereocenters. The van der Waals surface area contributed by atoms with Gasteiger partial charge >= 0.3 is 0 Å². The van der Waals surface area contributed by atoms with Crippen LogP contribution >= 0.6 is 0 Å². The van der Waals surface area contributed by atoms with E-state index in [9.17, 15) is 9.18 Å². The predicted molar refractivity (Wildman–Crippen MR) is 79.8 cm³/mol. The normalized spacial score (nSPS) is 10.2. The van der Waals surface area contributed by atoms with Crippen LogP contribution in [-0.2, 0) is 11.2 Å². The van der Waals surface area contributed by atoms with Crippen molar-refractivity contribution in [2.45, 2.75) is 13.3 Å². The zero-order valence-corrected chi connectivity index (χ0v) is 11.9. The van der Waals surface area contributed by atoms with Gasteiger partial charge in [0.15, 0.2) is 6.61 Å². The van der Waals surface area contributed by atoms with Crippen molar-refractivity contribution in [2.24, 2.45) is 0 Å². The SMILES string of the molecule is Cc1cccc(OCC(=O)NCCc2ccccc2F)c1. The average Bonchev–Trinajstić information content (AvgIpc) is 2.47. The van der Waals surface area contributed by atoms with Gasteiger partial charge in [0.05, 0.1) is 0 Å². The summed E-state index contributed by atoms with van der Waals surface area (Å²) in [6, 6.07) is 14.1. The van der Waals surface area contributed by atoms with Crippen LogP contribution in [0, 0.1) is 12.7 Å². The molecule has 0 radical (unpaired) electrons. The summed E-state index contributed by atoms with van der Waals surface area (Å²) in [6.07, 6.45) is 0.461. The van der Waals surface area contributed by atoms with Crippen LogP contribution in [0.3, 0.4) is 0 Å². The number of aryl methyl sites for hydroxylation is 1. The Hall–Kier alpha value is -2.36. The topological polar surface area (TPSA) is 38.3 Å². The number of ether oxygens (including phenoxy) is 1. The zero-order valence-electron chi connectivity index (χ0n) is 11.9. The van der Waals surface area contributed by atoms with E-state index < -0.39 is 0 Å². The van der Waals surface area contributed by atoms with Crippen LogP contribution in [0.2, 0.25) is 0 Å². The molecule has 0 atom stereocenters. The first kappa shape index (κ1) is 15.0. The lowest BCUT2D eigenvalue weighted by molar-refractivity contribution is -0.123. The number of rotatable bonds is 6. The maximum Gasteiger partial charge on any atom is 0.257 e. The van der Waals surface area contributed by atoms with E-state index in [1.165, 1.54) is 6.07 Å². The maximum atomic E-state index is 13.4. The van der Waals surface area contributed by atoms with Crippen LogP contribution in [0.25, 0.3) is 0 Å². The third kappa shape index (κ3) is 4.91. The standard InChI is InChI=1S/C17H18FNO2/c1-13-5-4-7-15(11-13)21-12-17(20)19-10-9-14-6-2-3-8-16(14)18/h2-8,11H,9-10,12H2,1H3,(H,19,20). The molecule has 0 heterocycles. The first-order valence-corrected chi connectivity index (χ1v) is 6.85.